The van der Waals surface area contributed by atoms with E-state index in [9.17, 15) is 13.2 Å². The van der Waals surface area contributed by atoms with Gasteiger partial charge in [0.1, 0.15) is 17.2 Å². The largest absolute Gasteiger partial charge is 0.477 e. The van der Waals surface area contributed by atoms with E-state index in [0.29, 0.717) is 12.2 Å². The van der Waals surface area contributed by atoms with Gasteiger partial charge in [0.05, 0.1) is 17.2 Å². The molecule has 2 rings (SSSR count). The minimum atomic E-state index is -3.03. The molecule has 3 N–H and O–H groups in total. The molecule has 18 heavy (non-hydrogen) atoms. The molecule has 0 aromatic carbocycles. The maximum absolute atomic E-state index is 11.4. The van der Waals surface area contributed by atoms with Gasteiger partial charge in [-0.3, -0.25) is 0 Å². The van der Waals surface area contributed by atoms with Crippen LogP contribution in [0.25, 0.3) is 0 Å². The van der Waals surface area contributed by atoms with Crippen molar-refractivity contribution < 1.29 is 18.3 Å². The summed E-state index contributed by atoms with van der Waals surface area (Å²) in [6.45, 7) is 1.52. The summed E-state index contributed by atoms with van der Waals surface area (Å²) in [4.78, 5) is 18.9. The van der Waals surface area contributed by atoms with Gasteiger partial charge < -0.3 is 10.8 Å². The Labute approximate surface area is 104 Å². The quantitative estimate of drug-likeness (QED) is 0.773. The Bertz CT molecular complexity index is 589. The van der Waals surface area contributed by atoms with Crippen LogP contribution in [0, 0.1) is 6.92 Å². The smallest absolute Gasteiger partial charge is 0.341 e. The van der Waals surface area contributed by atoms with Crippen molar-refractivity contribution in [3.8, 4) is 0 Å². The maximum atomic E-state index is 11.4. The molecule has 1 aromatic rings. The zero-order chi connectivity index (χ0) is 13.5. The van der Waals surface area contributed by atoms with Crippen LogP contribution in [-0.2, 0) is 9.84 Å². The number of hydrogen-bond acceptors (Lipinski definition) is 6. The molecule has 7 nitrogen and oxygen atoms in total. The second-order valence-electron chi connectivity index (χ2n) is 4.33. The number of carboxylic acid groups (broad SMARTS) is 1. The van der Waals surface area contributed by atoms with Crippen LogP contribution in [0.2, 0.25) is 0 Å². The highest BCUT2D eigenvalue weighted by Gasteiger charge is 2.32. The van der Waals surface area contributed by atoms with Crippen molar-refractivity contribution in [2.24, 2.45) is 0 Å². The number of carboxylic acids is 1. The van der Waals surface area contributed by atoms with Crippen LogP contribution < -0.4 is 5.73 Å². The topological polar surface area (TPSA) is 123 Å². The predicted octanol–water partition coefficient (Wildman–Crippen LogP) is -0.0325. The molecule has 0 amide bonds. The molecule has 1 aliphatic rings. The summed E-state index contributed by atoms with van der Waals surface area (Å²) in [6.07, 6.45) is 0.452. The number of anilines is 1. The standard InChI is InChI=1S/C10H13N3O4S/c1-5-7(10(14)15)8(11)13-9(12-5)6-2-3-18(16,17)4-6/h6H,2-4H2,1H3,(H,14,15)(H2,11,12,13). The van der Waals surface area contributed by atoms with Gasteiger partial charge in [-0.05, 0) is 13.3 Å². The Morgan fingerprint density at radius 3 is 2.56 bits per heavy atom. The number of aromatic nitrogens is 2. The molecule has 0 bridgehead atoms. The molecule has 98 valence electrons. The summed E-state index contributed by atoms with van der Waals surface area (Å²) in [5.41, 5.74) is 5.71. The summed E-state index contributed by atoms with van der Waals surface area (Å²) < 4.78 is 22.8. The van der Waals surface area contributed by atoms with Gasteiger partial charge in [-0.15, -0.1) is 0 Å². The highest BCUT2D eigenvalue weighted by atomic mass is 32.2. The van der Waals surface area contributed by atoms with Crippen molar-refractivity contribution in [1.82, 2.24) is 9.97 Å². The van der Waals surface area contributed by atoms with Crippen molar-refractivity contribution in [2.45, 2.75) is 19.3 Å². The number of carbonyl (C=O) groups is 1. The van der Waals surface area contributed by atoms with Crippen LogP contribution >= 0.6 is 0 Å². The van der Waals surface area contributed by atoms with E-state index in [1.54, 1.807) is 0 Å². The Morgan fingerprint density at radius 1 is 1.44 bits per heavy atom. The number of aryl methyl sites for hydroxylation is 1. The molecule has 0 saturated carbocycles. The van der Waals surface area contributed by atoms with E-state index in [-0.39, 0.29) is 34.5 Å². The number of rotatable bonds is 2. The van der Waals surface area contributed by atoms with Gasteiger partial charge in [0.2, 0.25) is 0 Å². The second-order valence-corrected chi connectivity index (χ2v) is 6.56. The van der Waals surface area contributed by atoms with E-state index >= 15 is 0 Å². The van der Waals surface area contributed by atoms with Crippen molar-refractivity contribution in [2.75, 3.05) is 17.2 Å². The number of hydrogen-bond donors (Lipinski definition) is 2. The number of nitrogens with zero attached hydrogens (tertiary/aromatic N) is 2. The zero-order valence-electron chi connectivity index (χ0n) is 9.75. The molecule has 1 saturated heterocycles. The Hall–Kier alpha value is -1.70. The molecule has 1 aliphatic heterocycles. The van der Waals surface area contributed by atoms with Gasteiger partial charge in [-0.25, -0.2) is 23.2 Å². The van der Waals surface area contributed by atoms with Crippen molar-refractivity contribution in [3.05, 3.63) is 17.1 Å². The first-order valence-electron chi connectivity index (χ1n) is 5.38. The molecule has 0 aliphatic carbocycles. The molecule has 8 heteroatoms. The Kier molecular flexibility index (Phi) is 2.97. The van der Waals surface area contributed by atoms with E-state index in [1.807, 2.05) is 0 Å². The Morgan fingerprint density at radius 2 is 2.11 bits per heavy atom. The summed E-state index contributed by atoms with van der Waals surface area (Å²) in [5.74, 6) is -1.17. The van der Waals surface area contributed by atoms with Gasteiger partial charge in [-0.1, -0.05) is 0 Å². The summed E-state index contributed by atoms with van der Waals surface area (Å²) in [7, 11) is -3.03. The lowest BCUT2D eigenvalue weighted by Gasteiger charge is -2.10. The van der Waals surface area contributed by atoms with Crippen molar-refractivity contribution >= 4 is 21.6 Å². The first kappa shape index (κ1) is 12.7. The molecule has 1 aromatic heterocycles. The van der Waals surface area contributed by atoms with E-state index in [4.69, 9.17) is 10.8 Å². The molecule has 1 fully saturated rings. The van der Waals surface area contributed by atoms with Crippen molar-refractivity contribution in [3.63, 3.8) is 0 Å². The van der Waals surface area contributed by atoms with Gasteiger partial charge in [-0.2, -0.15) is 0 Å². The zero-order valence-corrected chi connectivity index (χ0v) is 10.6. The maximum Gasteiger partial charge on any atom is 0.341 e. The fraction of sp³-hybridized carbons (Fsp3) is 0.500. The molecule has 0 radical (unpaired) electrons. The van der Waals surface area contributed by atoms with E-state index < -0.39 is 15.8 Å². The molecular formula is C10H13N3O4S. The van der Waals surface area contributed by atoms with Crippen LogP contribution in [0.4, 0.5) is 5.82 Å². The average molecular weight is 271 g/mol. The third-order valence-electron chi connectivity index (χ3n) is 2.95. The van der Waals surface area contributed by atoms with Crippen LogP contribution in [0.15, 0.2) is 0 Å². The van der Waals surface area contributed by atoms with Gasteiger partial charge in [0, 0.05) is 5.92 Å². The molecular weight excluding hydrogens is 258 g/mol. The van der Waals surface area contributed by atoms with E-state index in [1.165, 1.54) is 6.92 Å². The van der Waals surface area contributed by atoms with Gasteiger partial charge >= 0.3 is 5.97 Å². The highest BCUT2D eigenvalue weighted by Crippen LogP contribution is 2.28. The number of nitrogen functional groups attached to an aromatic ring is 1. The van der Waals surface area contributed by atoms with Crippen molar-refractivity contribution in [1.29, 1.82) is 0 Å². The number of nitrogens with two attached hydrogens (primary N) is 1. The SMILES string of the molecule is Cc1nc(C2CCS(=O)(=O)C2)nc(N)c1C(=O)O. The first-order valence-corrected chi connectivity index (χ1v) is 7.20. The van der Waals surface area contributed by atoms with E-state index in [0.717, 1.165) is 0 Å². The normalized spacial score (nSPS) is 21.9. The molecule has 0 spiro atoms. The average Bonchev–Trinajstić information content (AvgIpc) is 2.57. The van der Waals surface area contributed by atoms with Crippen LogP contribution in [0.3, 0.4) is 0 Å². The second kappa shape index (κ2) is 4.20. The fourth-order valence-electron chi connectivity index (χ4n) is 2.06. The highest BCUT2D eigenvalue weighted by molar-refractivity contribution is 7.91. The van der Waals surface area contributed by atoms with E-state index in [2.05, 4.69) is 9.97 Å². The number of aromatic carboxylic acids is 1. The minimum absolute atomic E-state index is 0.00169. The van der Waals surface area contributed by atoms with Gasteiger partial charge in [0.25, 0.3) is 0 Å². The Balaban J connectivity index is 2.40. The van der Waals surface area contributed by atoms with Crippen LogP contribution in [-0.4, -0.2) is 41.0 Å². The predicted molar refractivity (Wildman–Crippen MR) is 64.2 cm³/mol. The molecule has 1 atom stereocenters. The summed E-state index contributed by atoms with van der Waals surface area (Å²) in [6, 6.07) is 0. The monoisotopic (exact) mass is 271 g/mol. The third-order valence-corrected chi connectivity index (χ3v) is 4.71. The minimum Gasteiger partial charge on any atom is -0.477 e. The lowest BCUT2D eigenvalue weighted by Crippen LogP contribution is -2.14. The summed E-state index contributed by atoms with van der Waals surface area (Å²) >= 11 is 0. The van der Waals surface area contributed by atoms with Crippen LogP contribution in [0.1, 0.15) is 34.2 Å². The molecule has 2 heterocycles. The number of sulfone groups is 1. The summed E-state index contributed by atoms with van der Waals surface area (Å²) in [5, 5.41) is 8.93. The molecule has 1 unspecified atom stereocenters. The fourth-order valence-corrected chi connectivity index (χ4v) is 3.80. The third kappa shape index (κ3) is 2.28. The van der Waals surface area contributed by atoms with Crippen LogP contribution in [0.5, 0.6) is 0 Å². The lowest BCUT2D eigenvalue weighted by atomic mass is 10.1. The first-order chi connectivity index (χ1) is 8.30. The van der Waals surface area contributed by atoms with Gasteiger partial charge in [0.15, 0.2) is 9.84 Å². The lowest BCUT2D eigenvalue weighted by molar-refractivity contribution is 0.0696.